The topological polar surface area (TPSA) is 73.2 Å². The van der Waals surface area contributed by atoms with Gasteiger partial charge in [-0.3, -0.25) is 9.59 Å². The molecule has 0 atom stereocenters. The lowest BCUT2D eigenvalue weighted by Gasteiger charge is -2.24. The summed E-state index contributed by atoms with van der Waals surface area (Å²) in [4.78, 5) is 25.9. The molecule has 2 aromatic carbocycles. The van der Waals surface area contributed by atoms with Gasteiger partial charge in [0.25, 0.3) is 0 Å². The first-order valence-electron chi connectivity index (χ1n) is 8.40. The van der Waals surface area contributed by atoms with E-state index in [1.807, 2.05) is 30.3 Å². The van der Waals surface area contributed by atoms with Crippen LogP contribution in [0.25, 0.3) is 0 Å². The van der Waals surface area contributed by atoms with Gasteiger partial charge in [-0.2, -0.15) is 5.26 Å². The van der Waals surface area contributed by atoms with Crippen LogP contribution in [0.2, 0.25) is 0 Å². The minimum absolute atomic E-state index is 0.120. The number of nitriles is 1. The minimum Gasteiger partial charge on any atom is -0.324 e. The lowest BCUT2D eigenvalue weighted by Crippen LogP contribution is -2.37. The Hall–Kier alpha value is -3.13. The van der Waals surface area contributed by atoms with Gasteiger partial charge in [0.2, 0.25) is 11.8 Å². The molecule has 5 nitrogen and oxygen atoms in total. The maximum atomic E-state index is 12.6. The molecule has 0 fully saturated rings. The molecule has 5 heteroatoms. The average molecular weight is 349 g/mol. The highest BCUT2D eigenvalue weighted by Gasteiger charge is 2.20. The number of nitrogens with zero attached hydrogens (tertiary/aromatic N) is 2. The normalized spacial score (nSPS) is 10.7. The van der Waals surface area contributed by atoms with Crippen molar-refractivity contribution in [1.82, 2.24) is 0 Å². The van der Waals surface area contributed by atoms with Crippen LogP contribution in [0.1, 0.15) is 38.8 Å². The van der Waals surface area contributed by atoms with Gasteiger partial charge in [-0.15, -0.1) is 0 Å². The summed E-state index contributed by atoms with van der Waals surface area (Å²) in [7, 11) is 0. The number of para-hydroxylation sites is 1. The molecule has 0 saturated heterocycles. The number of carbonyl (C=O) groups is 2. The molecule has 1 N–H and O–H groups in total. The summed E-state index contributed by atoms with van der Waals surface area (Å²) in [6.45, 7) is 7.51. The number of rotatable bonds is 4. The van der Waals surface area contributed by atoms with E-state index in [0.717, 1.165) is 11.3 Å². The summed E-state index contributed by atoms with van der Waals surface area (Å²) < 4.78 is 0. The Bertz CT molecular complexity index is 860. The van der Waals surface area contributed by atoms with Gasteiger partial charge >= 0.3 is 0 Å². The molecule has 0 aliphatic heterocycles. The van der Waals surface area contributed by atoms with E-state index < -0.39 is 0 Å². The summed E-state index contributed by atoms with van der Waals surface area (Å²) in [6.07, 6.45) is 0. The Kier molecular flexibility index (Phi) is 5.78. The van der Waals surface area contributed by atoms with Gasteiger partial charge in [-0.1, -0.05) is 45.0 Å². The van der Waals surface area contributed by atoms with Crippen molar-refractivity contribution in [3.8, 4) is 6.07 Å². The van der Waals surface area contributed by atoms with Gasteiger partial charge < -0.3 is 10.2 Å². The molecule has 2 rings (SSSR count). The molecule has 0 unspecified atom stereocenters. The molecule has 0 bridgehead atoms. The van der Waals surface area contributed by atoms with Crippen LogP contribution >= 0.6 is 0 Å². The van der Waals surface area contributed by atoms with Gasteiger partial charge in [0.1, 0.15) is 6.54 Å². The first-order valence-corrected chi connectivity index (χ1v) is 8.40. The number of hydrogen-bond acceptors (Lipinski definition) is 3. The van der Waals surface area contributed by atoms with Crippen LogP contribution in [-0.2, 0) is 15.0 Å². The third-order valence-corrected chi connectivity index (χ3v) is 3.98. The second kappa shape index (κ2) is 7.83. The first kappa shape index (κ1) is 19.2. The highest BCUT2D eigenvalue weighted by molar-refractivity contribution is 6.02. The van der Waals surface area contributed by atoms with Gasteiger partial charge in [0.05, 0.1) is 11.6 Å². The maximum Gasteiger partial charge on any atom is 0.244 e. The highest BCUT2D eigenvalue weighted by Crippen LogP contribution is 2.29. The van der Waals surface area contributed by atoms with E-state index in [0.29, 0.717) is 11.3 Å². The van der Waals surface area contributed by atoms with Gasteiger partial charge in [0, 0.05) is 18.3 Å². The van der Waals surface area contributed by atoms with Crippen LogP contribution in [0.5, 0.6) is 0 Å². The quantitative estimate of drug-likeness (QED) is 0.911. The molecular formula is C21H23N3O2. The fourth-order valence-electron chi connectivity index (χ4n) is 2.71. The van der Waals surface area contributed by atoms with E-state index in [1.54, 1.807) is 24.3 Å². The van der Waals surface area contributed by atoms with Crippen molar-refractivity contribution < 1.29 is 9.59 Å². The van der Waals surface area contributed by atoms with E-state index in [2.05, 4.69) is 26.1 Å². The summed E-state index contributed by atoms with van der Waals surface area (Å²) in [5, 5.41) is 11.9. The third-order valence-electron chi connectivity index (χ3n) is 3.98. The second-order valence-electron chi connectivity index (χ2n) is 7.11. The Morgan fingerprint density at radius 1 is 1.12 bits per heavy atom. The Labute approximate surface area is 154 Å². The summed E-state index contributed by atoms with van der Waals surface area (Å²) in [5.74, 6) is -0.557. The molecule has 0 heterocycles. The largest absolute Gasteiger partial charge is 0.324 e. The van der Waals surface area contributed by atoms with Crippen molar-refractivity contribution >= 4 is 23.2 Å². The number of nitrogens with one attached hydrogen (secondary N) is 1. The monoisotopic (exact) mass is 349 g/mol. The van der Waals surface area contributed by atoms with Crippen molar-refractivity contribution in [2.45, 2.75) is 33.1 Å². The van der Waals surface area contributed by atoms with Crippen LogP contribution in [-0.4, -0.2) is 18.4 Å². The van der Waals surface area contributed by atoms with Crippen LogP contribution < -0.4 is 10.2 Å². The van der Waals surface area contributed by atoms with Crippen molar-refractivity contribution in [3.05, 3.63) is 59.7 Å². The van der Waals surface area contributed by atoms with Crippen LogP contribution in [0.15, 0.2) is 48.5 Å². The zero-order valence-electron chi connectivity index (χ0n) is 15.5. The molecule has 2 aromatic rings. The van der Waals surface area contributed by atoms with Crippen LogP contribution in [0.4, 0.5) is 11.4 Å². The Morgan fingerprint density at radius 2 is 1.81 bits per heavy atom. The van der Waals surface area contributed by atoms with Crippen LogP contribution in [0, 0.1) is 11.3 Å². The number of benzene rings is 2. The lowest BCUT2D eigenvalue weighted by molar-refractivity contribution is -0.120. The van der Waals surface area contributed by atoms with E-state index in [-0.39, 0.29) is 23.8 Å². The van der Waals surface area contributed by atoms with Crippen molar-refractivity contribution in [2.24, 2.45) is 0 Å². The van der Waals surface area contributed by atoms with Crippen molar-refractivity contribution in [3.63, 3.8) is 0 Å². The minimum atomic E-state index is -0.292. The van der Waals surface area contributed by atoms with Gasteiger partial charge in [0.15, 0.2) is 0 Å². The Morgan fingerprint density at radius 3 is 2.42 bits per heavy atom. The van der Waals surface area contributed by atoms with Gasteiger partial charge in [-0.05, 0) is 35.2 Å². The molecular weight excluding hydrogens is 326 g/mol. The number of hydrogen-bond donors (Lipinski definition) is 1. The second-order valence-corrected chi connectivity index (χ2v) is 7.11. The molecule has 26 heavy (non-hydrogen) atoms. The summed E-state index contributed by atoms with van der Waals surface area (Å²) in [6, 6.07) is 16.3. The molecule has 0 aliphatic carbocycles. The van der Waals surface area contributed by atoms with Crippen molar-refractivity contribution in [1.29, 1.82) is 5.26 Å². The van der Waals surface area contributed by atoms with E-state index in [4.69, 9.17) is 5.26 Å². The number of amides is 2. The van der Waals surface area contributed by atoms with Crippen molar-refractivity contribution in [2.75, 3.05) is 16.8 Å². The predicted molar refractivity (Wildman–Crippen MR) is 103 cm³/mol. The zero-order chi connectivity index (χ0) is 19.3. The smallest absolute Gasteiger partial charge is 0.244 e. The SMILES string of the molecule is CC(=O)N(CC(=O)Nc1ccccc1C(C)(C)C)c1cccc(C#N)c1. The van der Waals surface area contributed by atoms with Gasteiger partial charge in [-0.25, -0.2) is 0 Å². The van der Waals surface area contributed by atoms with Crippen LogP contribution in [0.3, 0.4) is 0 Å². The summed E-state index contributed by atoms with van der Waals surface area (Å²) in [5.41, 5.74) is 2.60. The molecule has 0 spiro atoms. The van der Waals surface area contributed by atoms with E-state index in [9.17, 15) is 9.59 Å². The molecule has 0 saturated carbocycles. The summed E-state index contributed by atoms with van der Waals surface area (Å²) >= 11 is 0. The van der Waals surface area contributed by atoms with E-state index >= 15 is 0 Å². The standard InChI is InChI=1S/C21H23N3O2/c1-15(25)24(17-9-7-8-16(12-17)13-22)14-20(26)23-19-11-6-5-10-18(19)21(2,3)4/h5-12H,14H2,1-4H3,(H,23,26). The molecule has 134 valence electrons. The maximum absolute atomic E-state index is 12.6. The average Bonchev–Trinajstić information content (AvgIpc) is 2.59. The molecule has 0 aliphatic rings. The van der Waals surface area contributed by atoms with E-state index in [1.165, 1.54) is 11.8 Å². The fraction of sp³-hybridized carbons (Fsp3) is 0.286. The zero-order valence-corrected chi connectivity index (χ0v) is 15.5. The molecule has 0 radical (unpaired) electrons. The third kappa shape index (κ3) is 4.70. The molecule has 2 amide bonds. The molecule has 0 aromatic heterocycles. The Balaban J connectivity index is 2.22. The first-order chi connectivity index (χ1) is 12.2. The number of carbonyl (C=O) groups excluding carboxylic acids is 2. The predicted octanol–water partition coefficient (Wildman–Crippen LogP) is 3.85. The number of anilines is 2. The highest BCUT2D eigenvalue weighted by atomic mass is 16.2. The lowest BCUT2D eigenvalue weighted by atomic mass is 9.86. The fourth-order valence-corrected chi connectivity index (χ4v) is 2.71.